The normalized spacial score (nSPS) is 18.8. The van der Waals surface area contributed by atoms with E-state index in [9.17, 15) is 14.4 Å². The molecule has 2 atom stereocenters. The van der Waals surface area contributed by atoms with Gasteiger partial charge in [0.05, 0.1) is 19.1 Å². The Kier molecular flexibility index (Phi) is 5.02. The second-order valence-electron chi connectivity index (χ2n) is 6.13. The number of nitrogens with one attached hydrogen (secondary N) is 1. The molecule has 1 N–H and O–H groups in total. The Hall–Kier alpha value is -3.15. The topological polar surface area (TPSA) is 75.7 Å². The fraction of sp³-hybridized carbons (Fsp3) is 0.250. The molecule has 0 aliphatic carbocycles. The van der Waals surface area contributed by atoms with Crippen LogP contribution in [0, 0.1) is 0 Å². The van der Waals surface area contributed by atoms with Crippen molar-refractivity contribution in [3.63, 3.8) is 0 Å². The van der Waals surface area contributed by atoms with Crippen LogP contribution in [0.2, 0.25) is 0 Å². The van der Waals surface area contributed by atoms with Crippen molar-refractivity contribution in [2.24, 2.45) is 0 Å². The van der Waals surface area contributed by atoms with Gasteiger partial charge in [-0.3, -0.25) is 14.4 Å². The van der Waals surface area contributed by atoms with Gasteiger partial charge in [-0.25, -0.2) is 0 Å². The summed E-state index contributed by atoms with van der Waals surface area (Å²) >= 11 is 0. The summed E-state index contributed by atoms with van der Waals surface area (Å²) in [5.41, 5.74) is 2.02. The standard InChI is InChI=1S/C20H20N2O4/c1-22-18(13-8-4-3-5-9-13)17(19(24)21-12-16(23)26-2)14-10-6-7-11-15(14)20(22)25/h3-11,17-18H,12H2,1-2H3,(H,21,24)/t17-,18+/m0/s1. The zero-order valence-electron chi connectivity index (χ0n) is 14.6. The molecule has 6 heteroatoms. The lowest BCUT2D eigenvalue weighted by molar-refractivity contribution is -0.141. The quantitative estimate of drug-likeness (QED) is 0.853. The maximum atomic E-state index is 13.0. The van der Waals surface area contributed by atoms with Gasteiger partial charge in [0, 0.05) is 12.6 Å². The van der Waals surface area contributed by atoms with Gasteiger partial charge in [0.15, 0.2) is 0 Å². The Morgan fingerprint density at radius 1 is 1.08 bits per heavy atom. The molecule has 2 aromatic rings. The van der Waals surface area contributed by atoms with E-state index < -0.39 is 17.9 Å². The van der Waals surface area contributed by atoms with Crippen molar-refractivity contribution in [1.29, 1.82) is 0 Å². The molecule has 0 fully saturated rings. The molecule has 26 heavy (non-hydrogen) atoms. The minimum atomic E-state index is -0.624. The largest absolute Gasteiger partial charge is 0.468 e. The smallest absolute Gasteiger partial charge is 0.325 e. The summed E-state index contributed by atoms with van der Waals surface area (Å²) < 4.78 is 4.59. The molecule has 0 saturated carbocycles. The SMILES string of the molecule is COC(=O)CNC(=O)[C@H]1c2ccccc2C(=O)N(C)[C@@H]1c1ccccc1. The lowest BCUT2D eigenvalue weighted by atomic mass is 9.79. The number of carbonyl (C=O) groups excluding carboxylic acids is 3. The molecule has 1 heterocycles. The second kappa shape index (κ2) is 7.39. The lowest BCUT2D eigenvalue weighted by Crippen LogP contribution is -2.46. The number of amides is 2. The van der Waals surface area contributed by atoms with Crippen molar-refractivity contribution in [1.82, 2.24) is 10.2 Å². The number of esters is 1. The van der Waals surface area contributed by atoms with E-state index in [2.05, 4.69) is 10.1 Å². The van der Waals surface area contributed by atoms with Crippen LogP contribution in [0.5, 0.6) is 0 Å². The van der Waals surface area contributed by atoms with Crippen molar-refractivity contribution in [2.45, 2.75) is 12.0 Å². The molecular formula is C20H20N2O4. The van der Waals surface area contributed by atoms with E-state index in [0.29, 0.717) is 11.1 Å². The molecule has 0 aromatic heterocycles. The molecule has 0 saturated heterocycles. The van der Waals surface area contributed by atoms with Gasteiger partial charge in [-0.15, -0.1) is 0 Å². The van der Waals surface area contributed by atoms with E-state index >= 15 is 0 Å². The number of hydrogen-bond acceptors (Lipinski definition) is 4. The summed E-state index contributed by atoms with van der Waals surface area (Å²) in [5, 5.41) is 2.63. The number of fused-ring (bicyclic) bond motifs is 1. The summed E-state index contributed by atoms with van der Waals surface area (Å²) in [5.74, 6) is -1.60. The Morgan fingerprint density at radius 2 is 1.73 bits per heavy atom. The highest BCUT2D eigenvalue weighted by molar-refractivity contribution is 6.01. The summed E-state index contributed by atoms with van der Waals surface area (Å²) in [4.78, 5) is 38.8. The van der Waals surface area contributed by atoms with Gasteiger partial charge in [0.25, 0.3) is 5.91 Å². The van der Waals surface area contributed by atoms with Crippen LogP contribution in [0.1, 0.15) is 33.4 Å². The highest BCUT2D eigenvalue weighted by atomic mass is 16.5. The van der Waals surface area contributed by atoms with Crippen molar-refractivity contribution in [3.8, 4) is 0 Å². The summed E-state index contributed by atoms with van der Waals surface area (Å²) in [6.07, 6.45) is 0. The molecule has 0 unspecified atom stereocenters. The molecular weight excluding hydrogens is 332 g/mol. The van der Waals surface area contributed by atoms with Gasteiger partial charge < -0.3 is 15.0 Å². The van der Waals surface area contributed by atoms with Gasteiger partial charge in [0.1, 0.15) is 6.54 Å². The summed E-state index contributed by atoms with van der Waals surface area (Å²) in [6.45, 7) is -0.215. The fourth-order valence-electron chi connectivity index (χ4n) is 3.37. The van der Waals surface area contributed by atoms with Crippen LogP contribution in [0.4, 0.5) is 0 Å². The zero-order chi connectivity index (χ0) is 18.7. The number of ether oxygens (including phenoxy) is 1. The first-order valence-corrected chi connectivity index (χ1v) is 8.30. The van der Waals surface area contributed by atoms with E-state index in [1.807, 2.05) is 30.3 Å². The maximum Gasteiger partial charge on any atom is 0.325 e. The number of hydrogen-bond donors (Lipinski definition) is 1. The van der Waals surface area contributed by atoms with Crippen LogP contribution in [-0.4, -0.2) is 43.4 Å². The van der Waals surface area contributed by atoms with Crippen molar-refractivity contribution >= 4 is 17.8 Å². The van der Waals surface area contributed by atoms with Crippen LogP contribution in [0.15, 0.2) is 54.6 Å². The van der Waals surface area contributed by atoms with Gasteiger partial charge in [-0.05, 0) is 17.2 Å². The van der Waals surface area contributed by atoms with Gasteiger partial charge in [-0.2, -0.15) is 0 Å². The average Bonchev–Trinajstić information content (AvgIpc) is 2.69. The average molecular weight is 352 g/mol. The molecule has 0 spiro atoms. The van der Waals surface area contributed by atoms with Crippen LogP contribution in [0.3, 0.4) is 0 Å². The number of nitrogens with zero attached hydrogens (tertiary/aromatic N) is 1. The molecule has 2 amide bonds. The van der Waals surface area contributed by atoms with Crippen molar-refractivity contribution in [3.05, 3.63) is 71.3 Å². The first kappa shape index (κ1) is 17.7. The highest BCUT2D eigenvalue weighted by Gasteiger charge is 2.42. The molecule has 1 aliphatic rings. The highest BCUT2D eigenvalue weighted by Crippen LogP contribution is 2.41. The van der Waals surface area contributed by atoms with E-state index in [1.165, 1.54) is 7.11 Å². The number of likely N-dealkylation sites (N-methyl/N-ethyl adjacent to an activating group) is 1. The third-order valence-electron chi connectivity index (χ3n) is 4.64. The molecule has 6 nitrogen and oxygen atoms in total. The van der Waals surface area contributed by atoms with E-state index in [0.717, 1.165) is 5.56 Å². The van der Waals surface area contributed by atoms with Crippen LogP contribution < -0.4 is 5.32 Å². The first-order chi connectivity index (χ1) is 12.5. The summed E-state index contributed by atoms with van der Waals surface area (Å²) in [7, 11) is 2.96. The number of rotatable bonds is 4. The Bertz CT molecular complexity index is 835. The van der Waals surface area contributed by atoms with Crippen LogP contribution in [-0.2, 0) is 14.3 Å². The fourth-order valence-corrected chi connectivity index (χ4v) is 3.37. The maximum absolute atomic E-state index is 13.0. The van der Waals surface area contributed by atoms with Crippen molar-refractivity contribution < 1.29 is 19.1 Å². The Labute approximate surface area is 151 Å². The van der Waals surface area contributed by atoms with Crippen LogP contribution >= 0.6 is 0 Å². The second-order valence-corrected chi connectivity index (χ2v) is 6.13. The minimum absolute atomic E-state index is 0.133. The predicted octanol–water partition coefficient (Wildman–Crippen LogP) is 1.89. The zero-order valence-corrected chi connectivity index (χ0v) is 14.6. The third-order valence-corrected chi connectivity index (χ3v) is 4.64. The predicted molar refractivity (Wildman–Crippen MR) is 95.5 cm³/mol. The van der Waals surface area contributed by atoms with Gasteiger partial charge >= 0.3 is 5.97 Å². The van der Waals surface area contributed by atoms with E-state index in [-0.39, 0.29) is 18.4 Å². The van der Waals surface area contributed by atoms with E-state index in [4.69, 9.17) is 0 Å². The third kappa shape index (κ3) is 3.18. The van der Waals surface area contributed by atoms with Crippen molar-refractivity contribution in [2.75, 3.05) is 20.7 Å². The van der Waals surface area contributed by atoms with Gasteiger partial charge in [0.2, 0.25) is 5.91 Å². The van der Waals surface area contributed by atoms with Gasteiger partial charge in [-0.1, -0.05) is 48.5 Å². The Balaban J connectivity index is 2.05. The lowest BCUT2D eigenvalue weighted by Gasteiger charge is -2.39. The minimum Gasteiger partial charge on any atom is -0.468 e. The molecule has 134 valence electrons. The molecule has 2 aromatic carbocycles. The summed E-state index contributed by atoms with van der Waals surface area (Å²) in [6, 6.07) is 16.0. The first-order valence-electron chi connectivity index (χ1n) is 8.30. The monoisotopic (exact) mass is 352 g/mol. The molecule has 0 bridgehead atoms. The number of carbonyl (C=O) groups is 3. The molecule has 0 radical (unpaired) electrons. The molecule has 3 rings (SSSR count). The number of benzene rings is 2. The van der Waals surface area contributed by atoms with E-state index in [1.54, 1.807) is 36.2 Å². The number of methoxy groups -OCH3 is 1. The van der Waals surface area contributed by atoms with Crippen LogP contribution in [0.25, 0.3) is 0 Å². The Morgan fingerprint density at radius 3 is 2.42 bits per heavy atom. The molecule has 1 aliphatic heterocycles.